The Hall–Kier alpha value is -0.790. The van der Waals surface area contributed by atoms with Crippen molar-refractivity contribution in [2.45, 2.75) is 71.3 Å². The minimum atomic E-state index is -0.211. The van der Waals surface area contributed by atoms with Gasteiger partial charge in [0.05, 0.1) is 0 Å². The van der Waals surface area contributed by atoms with Crippen molar-refractivity contribution in [3.63, 3.8) is 0 Å². The molecule has 2 unspecified atom stereocenters. The topological polar surface area (TPSA) is 26.3 Å². The number of hydrogen-bond acceptors (Lipinski definition) is 2. The van der Waals surface area contributed by atoms with E-state index in [0.29, 0.717) is 11.5 Å². The lowest BCUT2D eigenvalue weighted by Gasteiger charge is -2.31. The van der Waals surface area contributed by atoms with Crippen LogP contribution >= 0.6 is 0 Å². The summed E-state index contributed by atoms with van der Waals surface area (Å²) in [5, 5.41) is 0. The quantitative estimate of drug-likeness (QED) is 0.393. The Morgan fingerprint density at radius 2 is 2.00 bits per heavy atom. The van der Waals surface area contributed by atoms with Gasteiger partial charge in [0.2, 0.25) is 0 Å². The average molecular weight is 238 g/mol. The monoisotopic (exact) mass is 238 g/mol. The molecule has 2 atom stereocenters. The van der Waals surface area contributed by atoms with Crippen LogP contribution in [0.2, 0.25) is 0 Å². The number of unbranched alkanes of at least 4 members (excludes halogenated alkanes) is 2. The molecular weight excluding hydrogens is 212 g/mol. The highest BCUT2D eigenvalue weighted by atomic mass is 16.5. The lowest BCUT2D eigenvalue weighted by Crippen LogP contribution is -2.30. The van der Waals surface area contributed by atoms with Crippen LogP contribution in [0.1, 0.15) is 65.2 Å². The molecule has 0 aromatic rings. The summed E-state index contributed by atoms with van der Waals surface area (Å²) >= 11 is 0. The maximum absolute atomic E-state index is 11.6. The Labute approximate surface area is 105 Å². The summed E-state index contributed by atoms with van der Waals surface area (Å²) in [6, 6.07) is 0. The van der Waals surface area contributed by atoms with E-state index in [4.69, 9.17) is 4.74 Å². The van der Waals surface area contributed by atoms with Gasteiger partial charge >= 0.3 is 5.97 Å². The fraction of sp³-hybridized carbons (Fsp3) is 0.800. The Kier molecular flexibility index (Phi) is 6.31. The van der Waals surface area contributed by atoms with Gasteiger partial charge in [0.25, 0.3) is 0 Å². The third-order valence-electron chi connectivity index (χ3n) is 3.62. The van der Waals surface area contributed by atoms with Crippen molar-refractivity contribution in [2.24, 2.45) is 5.92 Å². The standard InChI is InChI=1S/C15H26O2/c1-4-5-6-9-13-10-7-8-11-14(13)17-15(16)12(2)3/h13-14H,2,4-11H2,1,3H3. The summed E-state index contributed by atoms with van der Waals surface area (Å²) in [6.07, 6.45) is 9.90. The second kappa shape index (κ2) is 7.52. The first kappa shape index (κ1) is 14.3. The lowest BCUT2D eigenvalue weighted by atomic mass is 9.83. The molecule has 1 rings (SSSR count). The van der Waals surface area contributed by atoms with E-state index in [-0.39, 0.29) is 12.1 Å². The van der Waals surface area contributed by atoms with Crippen LogP contribution < -0.4 is 0 Å². The molecule has 2 heteroatoms. The van der Waals surface area contributed by atoms with Gasteiger partial charge in [-0.05, 0) is 38.5 Å². The smallest absolute Gasteiger partial charge is 0.333 e. The molecule has 0 N–H and O–H groups in total. The van der Waals surface area contributed by atoms with Gasteiger partial charge in [-0.3, -0.25) is 0 Å². The molecule has 0 amide bonds. The molecule has 1 aliphatic rings. The average Bonchev–Trinajstić information content (AvgIpc) is 2.31. The fourth-order valence-electron chi connectivity index (χ4n) is 2.55. The van der Waals surface area contributed by atoms with Crippen molar-refractivity contribution in [1.29, 1.82) is 0 Å². The van der Waals surface area contributed by atoms with Crippen LogP contribution in [0.5, 0.6) is 0 Å². The molecule has 17 heavy (non-hydrogen) atoms. The van der Waals surface area contributed by atoms with Gasteiger partial charge in [-0.25, -0.2) is 4.79 Å². The van der Waals surface area contributed by atoms with Gasteiger partial charge in [0.15, 0.2) is 0 Å². The van der Waals surface area contributed by atoms with Crippen molar-refractivity contribution < 1.29 is 9.53 Å². The predicted octanol–water partition coefficient (Wildman–Crippen LogP) is 4.24. The van der Waals surface area contributed by atoms with Crippen molar-refractivity contribution in [2.75, 3.05) is 0 Å². The maximum Gasteiger partial charge on any atom is 0.333 e. The lowest BCUT2D eigenvalue weighted by molar-refractivity contribution is -0.148. The highest BCUT2D eigenvalue weighted by molar-refractivity contribution is 5.87. The van der Waals surface area contributed by atoms with Gasteiger partial charge in [0, 0.05) is 5.57 Å². The first-order valence-electron chi connectivity index (χ1n) is 7.01. The number of carbonyl (C=O) groups is 1. The van der Waals surface area contributed by atoms with E-state index in [1.54, 1.807) is 6.92 Å². The van der Waals surface area contributed by atoms with E-state index in [9.17, 15) is 4.79 Å². The summed E-state index contributed by atoms with van der Waals surface area (Å²) in [4.78, 5) is 11.6. The summed E-state index contributed by atoms with van der Waals surface area (Å²) in [5.41, 5.74) is 0.517. The van der Waals surface area contributed by atoms with E-state index in [2.05, 4.69) is 13.5 Å². The molecule has 0 saturated heterocycles. The van der Waals surface area contributed by atoms with E-state index in [1.807, 2.05) is 0 Å². The van der Waals surface area contributed by atoms with Gasteiger partial charge in [0.1, 0.15) is 6.10 Å². The SMILES string of the molecule is C=C(C)C(=O)OC1CCCCC1CCCCC. The van der Waals surface area contributed by atoms with Gasteiger partial charge in [-0.15, -0.1) is 0 Å². The van der Waals surface area contributed by atoms with Crippen LogP contribution in [0.3, 0.4) is 0 Å². The third kappa shape index (κ3) is 4.93. The Morgan fingerprint density at radius 1 is 1.29 bits per heavy atom. The number of ether oxygens (including phenoxy) is 1. The summed E-state index contributed by atoms with van der Waals surface area (Å²) < 4.78 is 5.56. The van der Waals surface area contributed by atoms with Crippen LogP contribution in [0.25, 0.3) is 0 Å². The molecule has 0 aliphatic heterocycles. The molecule has 1 fully saturated rings. The zero-order valence-corrected chi connectivity index (χ0v) is 11.3. The Bertz CT molecular complexity index is 258. The van der Waals surface area contributed by atoms with Gasteiger partial charge < -0.3 is 4.74 Å². The molecule has 0 radical (unpaired) electrons. The van der Waals surface area contributed by atoms with Crippen LogP contribution in [-0.2, 0) is 9.53 Å². The fourth-order valence-corrected chi connectivity index (χ4v) is 2.55. The van der Waals surface area contributed by atoms with E-state index in [0.717, 1.165) is 6.42 Å². The van der Waals surface area contributed by atoms with E-state index in [1.165, 1.54) is 44.9 Å². The molecule has 1 aliphatic carbocycles. The Balaban J connectivity index is 2.42. The van der Waals surface area contributed by atoms with E-state index >= 15 is 0 Å². The number of esters is 1. The number of carbonyl (C=O) groups excluding carboxylic acids is 1. The highest BCUT2D eigenvalue weighted by Gasteiger charge is 2.27. The van der Waals surface area contributed by atoms with Crippen molar-refractivity contribution in [3.8, 4) is 0 Å². The maximum atomic E-state index is 11.6. The second-order valence-corrected chi connectivity index (χ2v) is 5.26. The normalized spacial score (nSPS) is 24.4. The molecule has 98 valence electrons. The summed E-state index contributed by atoms with van der Waals surface area (Å²) in [6.45, 7) is 7.59. The zero-order valence-electron chi connectivity index (χ0n) is 11.3. The third-order valence-corrected chi connectivity index (χ3v) is 3.62. The largest absolute Gasteiger partial charge is 0.459 e. The molecule has 0 bridgehead atoms. The van der Waals surface area contributed by atoms with Crippen molar-refractivity contribution in [3.05, 3.63) is 12.2 Å². The Morgan fingerprint density at radius 3 is 2.65 bits per heavy atom. The number of rotatable bonds is 6. The first-order valence-corrected chi connectivity index (χ1v) is 7.01. The molecule has 0 aromatic carbocycles. The van der Waals surface area contributed by atoms with Crippen molar-refractivity contribution >= 4 is 5.97 Å². The molecule has 1 saturated carbocycles. The summed E-state index contributed by atoms with van der Waals surface area (Å²) in [5.74, 6) is 0.371. The minimum absolute atomic E-state index is 0.143. The molecule has 2 nitrogen and oxygen atoms in total. The predicted molar refractivity (Wildman–Crippen MR) is 70.8 cm³/mol. The molecule has 0 spiro atoms. The minimum Gasteiger partial charge on any atom is -0.459 e. The van der Waals surface area contributed by atoms with Crippen LogP contribution in [0.15, 0.2) is 12.2 Å². The first-order chi connectivity index (χ1) is 8.15. The van der Waals surface area contributed by atoms with Crippen LogP contribution in [0.4, 0.5) is 0 Å². The molecular formula is C15H26O2. The van der Waals surface area contributed by atoms with Gasteiger partial charge in [-0.1, -0.05) is 39.2 Å². The highest BCUT2D eigenvalue weighted by Crippen LogP contribution is 2.31. The van der Waals surface area contributed by atoms with Crippen molar-refractivity contribution in [1.82, 2.24) is 0 Å². The number of hydrogen-bond donors (Lipinski definition) is 0. The second-order valence-electron chi connectivity index (χ2n) is 5.26. The van der Waals surface area contributed by atoms with Crippen LogP contribution in [0, 0.1) is 5.92 Å². The van der Waals surface area contributed by atoms with E-state index < -0.39 is 0 Å². The molecule has 0 aromatic heterocycles. The molecule has 0 heterocycles. The van der Waals surface area contributed by atoms with Crippen LogP contribution in [-0.4, -0.2) is 12.1 Å². The summed E-state index contributed by atoms with van der Waals surface area (Å²) in [7, 11) is 0. The zero-order chi connectivity index (χ0) is 12.7. The van der Waals surface area contributed by atoms with Gasteiger partial charge in [-0.2, -0.15) is 0 Å².